The summed E-state index contributed by atoms with van der Waals surface area (Å²) in [5, 5.41) is 14.2. The molecule has 0 saturated carbocycles. The molecule has 2 rings (SSSR count). The first-order valence-corrected chi connectivity index (χ1v) is 6.67. The van der Waals surface area contributed by atoms with E-state index in [1.165, 1.54) is 12.8 Å². The number of carboxylic acids is 1. The van der Waals surface area contributed by atoms with Gasteiger partial charge in [-0.2, -0.15) is 0 Å². The first kappa shape index (κ1) is 13.1. The minimum Gasteiger partial charge on any atom is -0.481 e. The van der Waals surface area contributed by atoms with Crippen LogP contribution < -0.4 is 10.6 Å². The van der Waals surface area contributed by atoms with Gasteiger partial charge in [0.25, 0.3) is 0 Å². The number of hydrogen-bond acceptors (Lipinski definition) is 3. The van der Waals surface area contributed by atoms with E-state index in [-0.39, 0.29) is 18.5 Å². The summed E-state index contributed by atoms with van der Waals surface area (Å²) >= 11 is 0. The van der Waals surface area contributed by atoms with E-state index in [1.54, 1.807) is 0 Å². The molecule has 102 valence electrons. The fraction of sp³-hybridized carbons (Fsp3) is 0.833. The molecule has 3 N–H and O–H groups in total. The third kappa shape index (κ3) is 3.35. The third-order valence-electron chi connectivity index (χ3n) is 3.78. The molecule has 6 heteroatoms. The fourth-order valence-corrected chi connectivity index (χ4v) is 2.91. The average Bonchev–Trinajstić information content (AvgIpc) is 2.89. The number of hydrogen-bond donors (Lipinski definition) is 3. The van der Waals surface area contributed by atoms with Gasteiger partial charge in [-0.3, -0.25) is 9.69 Å². The number of carbonyl (C=O) groups excluding carboxylic acids is 1. The second-order valence-electron chi connectivity index (χ2n) is 5.04. The second kappa shape index (κ2) is 6.04. The standard InChI is InChI=1S/C12H21N3O3/c16-11(17)4-1-6-13-12(18)14-9-5-8-15-7-2-3-10(9)15/h9-10H,1-8H2,(H,16,17)(H2,13,14,18). The minimum atomic E-state index is -0.824. The summed E-state index contributed by atoms with van der Waals surface area (Å²) in [5.74, 6) is -0.824. The van der Waals surface area contributed by atoms with Gasteiger partial charge in [-0.15, -0.1) is 0 Å². The first-order chi connectivity index (χ1) is 8.66. The van der Waals surface area contributed by atoms with Gasteiger partial charge in [0, 0.05) is 31.6 Å². The first-order valence-electron chi connectivity index (χ1n) is 6.67. The van der Waals surface area contributed by atoms with Gasteiger partial charge in [0.1, 0.15) is 0 Å². The molecule has 2 fully saturated rings. The zero-order chi connectivity index (χ0) is 13.0. The Morgan fingerprint density at radius 1 is 1.28 bits per heavy atom. The fourth-order valence-electron chi connectivity index (χ4n) is 2.91. The Morgan fingerprint density at radius 3 is 2.89 bits per heavy atom. The Kier molecular flexibility index (Phi) is 4.41. The quantitative estimate of drug-likeness (QED) is 0.621. The number of fused-ring (bicyclic) bond motifs is 1. The van der Waals surface area contributed by atoms with Crippen LogP contribution in [-0.2, 0) is 4.79 Å². The Bertz CT molecular complexity index is 322. The molecule has 0 aromatic carbocycles. The molecule has 0 bridgehead atoms. The van der Waals surface area contributed by atoms with E-state index in [2.05, 4.69) is 15.5 Å². The predicted molar refractivity (Wildman–Crippen MR) is 66.4 cm³/mol. The highest BCUT2D eigenvalue weighted by atomic mass is 16.4. The molecule has 2 amide bonds. The molecule has 0 aromatic rings. The largest absolute Gasteiger partial charge is 0.481 e. The van der Waals surface area contributed by atoms with Gasteiger partial charge in [0.05, 0.1) is 0 Å². The number of aliphatic carboxylic acids is 1. The van der Waals surface area contributed by atoms with Crippen LogP contribution in [0, 0.1) is 0 Å². The lowest BCUT2D eigenvalue weighted by Gasteiger charge is -2.21. The highest BCUT2D eigenvalue weighted by Crippen LogP contribution is 2.27. The lowest BCUT2D eigenvalue weighted by atomic mass is 10.1. The summed E-state index contributed by atoms with van der Waals surface area (Å²) in [6.45, 7) is 2.65. The Morgan fingerprint density at radius 2 is 2.11 bits per heavy atom. The number of nitrogens with zero attached hydrogens (tertiary/aromatic N) is 1. The predicted octanol–water partition coefficient (Wildman–Crippen LogP) is 0.387. The number of urea groups is 1. The third-order valence-corrected chi connectivity index (χ3v) is 3.78. The van der Waals surface area contributed by atoms with Crippen LogP contribution in [0.2, 0.25) is 0 Å². The maximum Gasteiger partial charge on any atom is 0.315 e. The minimum absolute atomic E-state index is 0.0973. The summed E-state index contributed by atoms with van der Waals surface area (Å²) in [6, 6.07) is 0.598. The molecule has 0 aliphatic carbocycles. The molecule has 2 aliphatic heterocycles. The molecule has 2 atom stereocenters. The molecule has 0 aromatic heterocycles. The van der Waals surface area contributed by atoms with E-state index < -0.39 is 5.97 Å². The van der Waals surface area contributed by atoms with Gasteiger partial charge >= 0.3 is 12.0 Å². The highest BCUT2D eigenvalue weighted by Gasteiger charge is 2.37. The number of carboxylic acid groups (broad SMARTS) is 1. The number of carbonyl (C=O) groups is 2. The van der Waals surface area contributed by atoms with Crippen molar-refractivity contribution in [2.75, 3.05) is 19.6 Å². The van der Waals surface area contributed by atoms with Gasteiger partial charge in [-0.25, -0.2) is 4.79 Å². The van der Waals surface area contributed by atoms with Crippen molar-refractivity contribution in [1.29, 1.82) is 0 Å². The SMILES string of the molecule is O=C(O)CCCNC(=O)NC1CCN2CCCC12. The maximum absolute atomic E-state index is 11.6. The van der Waals surface area contributed by atoms with Gasteiger partial charge in [-0.1, -0.05) is 0 Å². The van der Waals surface area contributed by atoms with Crippen molar-refractivity contribution >= 4 is 12.0 Å². The van der Waals surface area contributed by atoms with E-state index in [1.807, 2.05) is 0 Å². The zero-order valence-electron chi connectivity index (χ0n) is 10.5. The molecule has 2 heterocycles. The molecule has 0 spiro atoms. The van der Waals surface area contributed by atoms with E-state index in [0.29, 0.717) is 19.0 Å². The maximum atomic E-state index is 11.6. The summed E-state index contributed by atoms with van der Waals surface area (Å²) in [6.07, 6.45) is 3.99. The van der Waals surface area contributed by atoms with Crippen molar-refractivity contribution < 1.29 is 14.7 Å². The number of rotatable bonds is 5. The van der Waals surface area contributed by atoms with Crippen LogP contribution in [0.25, 0.3) is 0 Å². The van der Waals surface area contributed by atoms with Crippen LogP contribution in [0.15, 0.2) is 0 Å². The molecule has 6 nitrogen and oxygen atoms in total. The number of amides is 2. The molecular formula is C12H21N3O3. The second-order valence-corrected chi connectivity index (χ2v) is 5.04. The van der Waals surface area contributed by atoms with Gasteiger partial charge in [0.2, 0.25) is 0 Å². The van der Waals surface area contributed by atoms with E-state index in [0.717, 1.165) is 19.5 Å². The van der Waals surface area contributed by atoms with Crippen LogP contribution in [-0.4, -0.2) is 53.7 Å². The summed E-state index contributed by atoms with van der Waals surface area (Å²) < 4.78 is 0. The Hall–Kier alpha value is -1.30. The summed E-state index contributed by atoms with van der Waals surface area (Å²) in [4.78, 5) is 24.4. The van der Waals surface area contributed by atoms with Crippen molar-refractivity contribution in [3.8, 4) is 0 Å². The van der Waals surface area contributed by atoms with Crippen molar-refractivity contribution in [2.45, 2.75) is 44.2 Å². The van der Waals surface area contributed by atoms with E-state index >= 15 is 0 Å². The van der Waals surface area contributed by atoms with Crippen LogP contribution in [0.1, 0.15) is 32.1 Å². The van der Waals surface area contributed by atoms with Crippen LogP contribution >= 0.6 is 0 Å². The molecule has 0 radical (unpaired) electrons. The summed E-state index contributed by atoms with van der Waals surface area (Å²) in [7, 11) is 0. The normalized spacial score (nSPS) is 26.9. The van der Waals surface area contributed by atoms with Crippen LogP contribution in [0.3, 0.4) is 0 Å². The molecular weight excluding hydrogens is 234 g/mol. The van der Waals surface area contributed by atoms with Crippen LogP contribution in [0.5, 0.6) is 0 Å². The molecule has 18 heavy (non-hydrogen) atoms. The van der Waals surface area contributed by atoms with Crippen molar-refractivity contribution in [3.05, 3.63) is 0 Å². The van der Waals surface area contributed by atoms with Crippen molar-refractivity contribution in [1.82, 2.24) is 15.5 Å². The Balaban J connectivity index is 1.63. The highest BCUT2D eigenvalue weighted by molar-refractivity contribution is 5.74. The summed E-state index contributed by atoms with van der Waals surface area (Å²) in [5.41, 5.74) is 0. The van der Waals surface area contributed by atoms with Crippen molar-refractivity contribution in [2.24, 2.45) is 0 Å². The lowest BCUT2D eigenvalue weighted by Crippen LogP contribution is -2.47. The van der Waals surface area contributed by atoms with Gasteiger partial charge in [0.15, 0.2) is 0 Å². The number of nitrogens with one attached hydrogen (secondary N) is 2. The lowest BCUT2D eigenvalue weighted by molar-refractivity contribution is -0.137. The molecule has 2 saturated heterocycles. The topological polar surface area (TPSA) is 81.7 Å². The van der Waals surface area contributed by atoms with E-state index in [9.17, 15) is 9.59 Å². The zero-order valence-corrected chi connectivity index (χ0v) is 10.5. The molecule has 2 unspecified atom stereocenters. The average molecular weight is 255 g/mol. The van der Waals surface area contributed by atoms with Gasteiger partial charge in [-0.05, 0) is 32.2 Å². The Labute approximate surface area is 107 Å². The van der Waals surface area contributed by atoms with E-state index in [4.69, 9.17) is 5.11 Å². The molecule has 2 aliphatic rings. The van der Waals surface area contributed by atoms with Crippen molar-refractivity contribution in [3.63, 3.8) is 0 Å². The van der Waals surface area contributed by atoms with Gasteiger partial charge < -0.3 is 15.7 Å². The smallest absolute Gasteiger partial charge is 0.315 e. The monoisotopic (exact) mass is 255 g/mol. The van der Waals surface area contributed by atoms with Crippen LogP contribution in [0.4, 0.5) is 4.79 Å².